The van der Waals surface area contributed by atoms with E-state index in [4.69, 9.17) is 0 Å². The lowest BCUT2D eigenvalue weighted by atomic mass is 10.3. The van der Waals surface area contributed by atoms with Crippen molar-refractivity contribution in [2.75, 3.05) is 31.3 Å². The number of hydrogen-bond donors (Lipinski definition) is 0. The van der Waals surface area contributed by atoms with Crippen molar-refractivity contribution in [1.82, 2.24) is 10.0 Å². The summed E-state index contributed by atoms with van der Waals surface area (Å²) < 4.78 is 0. The van der Waals surface area contributed by atoms with E-state index in [-0.39, 0.29) is 26.4 Å². The minimum atomic E-state index is -0.528. The molecule has 1 aliphatic heterocycles. The third kappa shape index (κ3) is 3.00. The van der Waals surface area contributed by atoms with Gasteiger partial charge in [0.05, 0.1) is 0 Å². The minimum Gasteiger partial charge on any atom is -0.326 e. The van der Waals surface area contributed by atoms with Crippen LogP contribution >= 0.6 is 0 Å². The Hall–Kier alpha value is -2.58. The zero-order valence-electron chi connectivity index (χ0n) is 10.1. The van der Waals surface area contributed by atoms with E-state index in [1.807, 2.05) is 6.07 Å². The molecule has 0 atom stereocenters. The number of nitrogens with zero attached hydrogens (tertiary/aromatic N) is 5. The Kier molecular flexibility index (Phi) is 3.64. The van der Waals surface area contributed by atoms with Gasteiger partial charge in [0.1, 0.15) is 13.1 Å². The monoisotopic (exact) mass is 267 g/mol. The van der Waals surface area contributed by atoms with Gasteiger partial charge in [0.25, 0.3) is 0 Å². The highest BCUT2D eigenvalue weighted by Gasteiger charge is 2.30. The summed E-state index contributed by atoms with van der Waals surface area (Å²) in [4.78, 5) is 23.3. The molecule has 0 amide bonds. The fourth-order valence-electron chi connectivity index (χ4n) is 1.88. The maximum atomic E-state index is 10.9. The van der Waals surface area contributed by atoms with Gasteiger partial charge in [-0.15, -0.1) is 10.0 Å². The van der Waals surface area contributed by atoms with Gasteiger partial charge < -0.3 is 4.90 Å². The number of hydrogen-bond acceptors (Lipinski definition) is 5. The summed E-state index contributed by atoms with van der Waals surface area (Å²) >= 11 is 0. The molecule has 1 fully saturated rings. The van der Waals surface area contributed by atoms with Gasteiger partial charge in [0, 0.05) is 5.69 Å². The van der Waals surface area contributed by atoms with E-state index in [1.54, 1.807) is 29.2 Å². The summed E-state index contributed by atoms with van der Waals surface area (Å²) in [6.45, 7) is 0.0529. The lowest BCUT2D eigenvalue weighted by Gasteiger charge is -2.24. The summed E-state index contributed by atoms with van der Waals surface area (Å²) in [7, 11) is 0. The summed E-state index contributed by atoms with van der Waals surface area (Å²) in [5, 5.41) is 22.6. The number of anilines is 1. The molecule has 0 saturated carbocycles. The predicted octanol–water partition coefficient (Wildman–Crippen LogP) is 0.409. The molecular weight excluding hydrogens is 254 g/mol. The molecule has 19 heavy (non-hydrogen) atoms. The Balaban J connectivity index is 2.23. The van der Waals surface area contributed by atoms with Crippen molar-refractivity contribution in [3.05, 3.63) is 50.6 Å². The molecule has 0 radical (unpaired) electrons. The van der Waals surface area contributed by atoms with Crippen LogP contribution in [0, 0.1) is 20.2 Å². The first-order valence-corrected chi connectivity index (χ1v) is 5.66. The molecule has 0 unspecified atom stereocenters. The Morgan fingerprint density at radius 1 is 0.895 bits per heavy atom. The topological polar surface area (TPSA) is 96.0 Å². The van der Waals surface area contributed by atoms with Crippen LogP contribution in [0.1, 0.15) is 0 Å². The Labute approximate surface area is 108 Å². The standard InChI is InChI=1S/C10H13N5O4/c16-14(17)12-6-7-13(15(18)19)9-11(8-12)10-4-2-1-3-5-10/h1-5H,6-9H2. The van der Waals surface area contributed by atoms with Crippen molar-refractivity contribution in [2.45, 2.75) is 0 Å². The van der Waals surface area contributed by atoms with E-state index >= 15 is 0 Å². The molecule has 0 aliphatic carbocycles. The summed E-state index contributed by atoms with van der Waals surface area (Å²) in [5.74, 6) is 0. The van der Waals surface area contributed by atoms with E-state index in [2.05, 4.69) is 0 Å². The number of para-hydroxylation sites is 1. The zero-order chi connectivity index (χ0) is 13.8. The fourth-order valence-corrected chi connectivity index (χ4v) is 1.88. The van der Waals surface area contributed by atoms with Crippen LogP contribution in [0.25, 0.3) is 0 Å². The van der Waals surface area contributed by atoms with E-state index < -0.39 is 10.1 Å². The second kappa shape index (κ2) is 5.38. The molecule has 9 heteroatoms. The maximum Gasteiger partial charge on any atom is 0.161 e. The molecule has 1 heterocycles. The Bertz CT molecular complexity index is 444. The average Bonchev–Trinajstić information content (AvgIpc) is 2.62. The zero-order valence-corrected chi connectivity index (χ0v) is 10.1. The van der Waals surface area contributed by atoms with Crippen LogP contribution in [-0.4, -0.2) is 46.5 Å². The van der Waals surface area contributed by atoms with Crippen LogP contribution in [0.15, 0.2) is 30.3 Å². The molecule has 1 aromatic rings. The van der Waals surface area contributed by atoms with Gasteiger partial charge in [-0.25, -0.2) is 20.2 Å². The van der Waals surface area contributed by atoms with Gasteiger partial charge >= 0.3 is 0 Å². The lowest BCUT2D eigenvalue weighted by Crippen LogP contribution is -2.41. The van der Waals surface area contributed by atoms with E-state index in [1.165, 1.54) is 0 Å². The van der Waals surface area contributed by atoms with Crippen LogP contribution in [0.5, 0.6) is 0 Å². The summed E-state index contributed by atoms with van der Waals surface area (Å²) in [6.07, 6.45) is 0. The molecule has 1 aliphatic rings. The third-order valence-corrected chi connectivity index (χ3v) is 2.87. The van der Waals surface area contributed by atoms with Gasteiger partial charge in [-0.1, -0.05) is 18.2 Å². The fraction of sp³-hybridized carbons (Fsp3) is 0.400. The van der Waals surface area contributed by atoms with E-state index in [0.29, 0.717) is 5.69 Å². The molecular formula is C10H13N5O4. The molecule has 0 aromatic heterocycles. The Morgan fingerprint density at radius 2 is 1.37 bits per heavy atom. The molecule has 0 bridgehead atoms. The molecule has 2 rings (SSSR count). The highest BCUT2D eigenvalue weighted by molar-refractivity contribution is 5.45. The van der Waals surface area contributed by atoms with Crippen molar-refractivity contribution < 1.29 is 10.1 Å². The van der Waals surface area contributed by atoms with Crippen LogP contribution < -0.4 is 4.90 Å². The van der Waals surface area contributed by atoms with Crippen molar-refractivity contribution in [2.24, 2.45) is 0 Å². The van der Waals surface area contributed by atoms with Crippen LogP contribution in [0.3, 0.4) is 0 Å². The van der Waals surface area contributed by atoms with Gasteiger partial charge in [-0.05, 0) is 12.1 Å². The SMILES string of the molecule is O=[N+]([O-])N1CCN([N+](=O)[O-])CN(c2ccccc2)C1. The highest BCUT2D eigenvalue weighted by atomic mass is 16.7. The molecule has 0 spiro atoms. The maximum absolute atomic E-state index is 10.9. The first-order valence-electron chi connectivity index (χ1n) is 5.66. The summed E-state index contributed by atoms with van der Waals surface area (Å²) in [5.41, 5.74) is 0.711. The Morgan fingerprint density at radius 3 is 1.79 bits per heavy atom. The normalized spacial score (nSPS) is 16.1. The van der Waals surface area contributed by atoms with Gasteiger partial charge in [0.2, 0.25) is 0 Å². The predicted molar refractivity (Wildman–Crippen MR) is 66.1 cm³/mol. The molecule has 9 nitrogen and oxygen atoms in total. The number of benzene rings is 1. The lowest BCUT2D eigenvalue weighted by molar-refractivity contribution is -0.666. The highest BCUT2D eigenvalue weighted by Crippen LogP contribution is 2.16. The van der Waals surface area contributed by atoms with Gasteiger partial charge in [-0.3, -0.25) is 0 Å². The number of rotatable bonds is 3. The quantitative estimate of drug-likeness (QED) is 0.578. The first kappa shape index (κ1) is 12.9. The van der Waals surface area contributed by atoms with Gasteiger partial charge in [-0.2, -0.15) is 0 Å². The number of nitro groups is 2. The van der Waals surface area contributed by atoms with Crippen molar-refractivity contribution in [1.29, 1.82) is 0 Å². The van der Waals surface area contributed by atoms with Crippen molar-refractivity contribution in [3.63, 3.8) is 0 Å². The number of hydrazine groups is 2. The van der Waals surface area contributed by atoms with Crippen LogP contribution in [-0.2, 0) is 0 Å². The first-order chi connectivity index (χ1) is 9.08. The van der Waals surface area contributed by atoms with E-state index in [9.17, 15) is 20.2 Å². The molecule has 102 valence electrons. The smallest absolute Gasteiger partial charge is 0.161 e. The molecule has 1 aromatic carbocycles. The van der Waals surface area contributed by atoms with Crippen molar-refractivity contribution >= 4 is 5.69 Å². The van der Waals surface area contributed by atoms with Gasteiger partial charge in [0.15, 0.2) is 23.4 Å². The molecule has 1 saturated heterocycles. The van der Waals surface area contributed by atoms with Crippen LogP contribution in [0.2, 0.25) is 0 Å². The summed E-state index contributed by atoms with van der Waals surface area (Å²) in [6, 6.07) is 8.92. The minimum absolute atomic E-state index is 0.0112. The van der Waals surface area contributed by atoms with E-state index in [0.717, 1.165) is 10.0 Å². The second-order valence-electron chi connectivity index (χ2n) is 4.09. The van der Waals surface area contributed by atoms with Crippen molar-refractivity contribution in [3.8, 4) is 0 Å². The van der Waals surface area contributed by atoms with Crippen LogP contribution in [0.4, 0.5) is 5.69 Å². The second-order valence-corrected chi connectivity index (χ2v) is 4.09. The molecule has 0 N–H and O–H groups in total. The largest absolute Gasteiger partial charge is 0.326 e. The third-order valence-electron chi connectivity index (χ3n) is 2.87. The average molecular weight is 267 g/mol.